The molecule has 0 fully saturated rings. The Hall–Kier alpha value is -2.05. The monoisotopic (exact) mass is 335 g/mol. The number of aryl methyl sites for hydroxylation is 2. The van der Waals surface area contributed by atoms with Crippen LogP contribution < -0.4 is 14.2 Å². The van der Waals surface area contributed by atoms with Gasteiger partial charge in [-0.2, -0.15) is 0 Å². The molecule has 0 saturated carbocycles. The van der Waals surface area contributed by atoms with Crippen molar-refractivity contribution in [2.45, 2.75) is 25.3 Å². The van der Waals surface area contributed by atoms with Gasteiger partial charge in [0.2, 0.25) is 10.0 Å². The van der Waals surface area contributed by atoms with Gasteiger partial charge in [-0.3, -0.25) is 0 Å². The van der Waals surface area contributed by atoms with Crippen LogP contribution in [0.3, 0.4) is 0 Å². The van der Waals surface area contributed by atoms with Crippen LogP contribution in [-0.2, 0) is 16.6 Å². The van der Waals surface area contributed by atoms with Crippen LogP contribution in [0.5, 0.6) is 11.5 Å². The highest BCUT2D eigenvalue weighted by Crippen LogP contribution is 2.23. The molecule has 0 saturated heterocycles. The number of ether oxygens (including phenoxy) is 2. The second kappa shape index (κ2) is 7.02. The maximum atomic E-state index is 12.4. The molecule has 0 radical (unpaired) electrons. The van der Waals surface area contributed by atoms with E-state index in [1.54, 1.807) is 50.6 Å². The summed E-state index contributed by atoms with van der Waals surface area (Å²) in [6.45, 7) is 3.99. The predicted molar refractivity (Wildman–Crippen MR) is 89.5 cm³/mol. The van der Waals surface area contributed by atoms with E-state index in [9.17, 15) is 8.42 Å². The van der Waals surface area contributed by atoms with E-state index >= 15 is 0 Å². The van der Waals surface area contributed by atoms with Crippen LogP contribution >= 0.6 is 0 Å². The summed E-state index contributed by atoms with van der Waals surface area (Å²) >= 11 is 0. The topological polar surface area (TPSA) is 64.6 Å². The average Bonchev–Trinajstić information content (AvgIpc) is 2.55. The summed E-state index contributed by atoms with van der Waals surface area (Å²) in [6, 6.07) is 10.4. The Morgan fingerprint density at radius 2 is 1.52 bits per heavy atom. The van der Waals surface area contributed by atoms with Crippen LogP contribution in [0.15, 0.2) is 41.3 Å². The van der Waals surface area contributed by atoms with Crippen molar-refractivity contribution < 1.29 is 17.9 Å². The first-order valence-corrected chi connectivity index (χ1v) is 8.63. The summed E-state index contributed by atoms with van der Waals surface area (Å²) in [4.78, 5) is 0.260. The molecule has 1 N–H and O–H groups in total. The van der Waals surface area contributed by atoms with Crippen LogP contribution in [0, 0.1) is 13.8 Å². The van der Waals surface area contributed by atoms with Crippen molar-refractivity contribution in [3.63, 3.8) is 0 Å². The summed E-state index contributed by atoms with van der Waals surface area (Å²) in [5.41, 5.74) is 2.76. The minimum absolute atomic E-state index is 0.156. The molecule has 2 rings (SSSR count). The second-order valence-electron chi connectivity index (χ2n) is 5.29. The van der Waals surface area contributed by atoms with Crippen molar-refractivity contribution in [3.05, 3.63) is 53.1 Å². The van der Waals surface area contributed by atoms with Gasteiger partial charge in [-0.05, 0) is 54.8 Å². The highest BCUT2D eigenvalue weighted by atomic mass is 32.2. The van der Waals surface area contributed by atoms with Gasteiger partial charge in [-0.15, -0.1) is 0 Å². The first-order valence-electron chi connectivity index (χ1n) is 7.14. The van der Waals surface area contributed by atoms with Gasteiger partial charge < -0.3 is 9.47 Å². The molecule has 23 heavy (non-hydrogen) atoms. The van der Waals surface area contributed by atoms with Gasteiger partial charge in [0.25, 0.3) is 0 Å². The largest absolute Gasteiger partial charge is 0.497 e. The zero-order chi connectivity index (χ0) is 17.0. The Balaban J connectivity index is 2.20. The summed E-state index contributed by atoms with van der Waals surface area (Å²) in [5, 5.41) is 0. The van der Waals surface area contributed by atoms with Crippen LogP contribution in [-0.4, -0.2) is 22.6 Å². The summed E-state index contributed by atoms with van der Waals surface area (Å²) < 4.78 is 37.8. The van der Waals surface area contributed by atoms with E-state index in [0.29, 0.717) is 11.5 Å². The van der Waals surface area contributed by atoms with Crippen LogP contribution in [0.4, 0.5) is 0 Å². The lowest BCUT2D eigenvalue weighted by molar-refractivity contribution is 0.393. The first-order chi connectivity index (χ1) is 10.9. The fourth-order valence-electron chi connectivity index (χ4n) is 2.11. The minimum Gasteiger partial charge on any atom is -0.497 e. The quantitative estimate of drug-likeness (QED) is 0.882. The lowest BCUT2D eigenvalue weighted by atomic mass is 10.1. The smallest absolute Gasteiger partial charge is 0.240 e. The molecule has 5 nitrogen and oxygen atoms in total. The van der Waals surface area contributed by atoms with Gasteiger partial charge in [0.1, 0.15) is 11.5 Å². The number of hydrogen-bond donors (Lipinski definition) is 1. The number of rotatable bonds is 6. The Morgan fingerprint density at radius 3 is 2.04 bits per heavy atom. The molecule has 0 amide bonds. The normalized spacial score (nSPS) is 11.3. The molecule has 0 aliphatic heterocycles. The molecule has 6 heteroatoms. The van der Waals surface area contributed by atoms with E-state index in [1.165, 1.54) is 0 Å². The van der Waals surface area contributed by atoms with Gasteiger partial charge in [0, 0.05) is 12.6 Å². The third kappa shape index (κ3) is 4.24. The van der Waals surface area contributed by atoms with E-state index in [1.807, 2.05) is 13.8 Å². The molecule has 2 aromatic carbocycles. The average molecular weight is 335 g/mol. The SMILES string of the molecule is COc1cc(CNS(=O)(=O)c2ccc(C)c(C)c2)cc(OC)c1. The van der Waals surface area contributed by atoms with Crippen LogP contribution in [0.2, 0.25) is 0 Å². The van der Waals surface area contributed by atoms with Gasteiger partial charge in [0.15, 0.2) is 0 Å². The molecule has 0 aliphatic rings. The third-order valence-corrected chi connectivity index (χ3v) is 5.07. The highest BCUT2D eigenvalue weighted by molar-refractivity contribution is 7.89. The number of nitrogens with one attached hydrogen (secondary N) is 1. The standard InChI is InChI=1S/C17H21NO4S/c1-12-5-6-17(7-13(12)2)23(19,20)18-11-14-8-15(21-3)10-16(9-14)22-4/h5-10,18H,11H2,1-4H3. The summed E-state index contributed by atoms with van der Waals surface area (Å²) in [5.74, 6) is 1.23. The summed E-state index contributed by atoms with van der Waals surface area (Å²) in [7, 11) is -0.462. The predicted octanol–water partition coefficient (Wildman–Crippen LogP) is 2.80. The fourth-order valence-corrected chi connectivity index (χ4v) is 3.21. The zero-order valence-electron chi connectivity index (χ0n) is 13.7. The Kier molecular flexibility index (Phi) is 5.28. The van der Waals surface area contributed by atoms with Gasteiger partial charge in [-0.25, -0.2) is 13.1 Å². The molecule has 124 valence electrons. The highest BCUT2D eigenvalue weighted by Gasteiger charge is 2.15. The molecule has 0 unspecified atom stereocenters. The Labute approximate surface area is 137 Å². The minimum atomic E-state index is -3.57. The van der Waals surface area contributed by atoms with Crippen LogP contribution in [0.1, 0.15) is 16.7 Å². The molecule has 0 heterocycles. The zero-order valence-corrected chi connectivity index (χ0v) is 14.5. The van der Waals surface area contributed by atoms with Crippen molar-refractivity contribution in [1.82, 2.24) is 4.72 Å². The van der Waals surface area contributed by atoms with Gasteiger partial charge in [0.05, 0.1) is 19.1 Å². The van der Waals surface area contributed by atoms with Crippen molar-refractivity contribution in [2.75, 3.05) is 14.2 Å². The molecule has 0 aliphatic carbocycles. The first kappa shape index (κ1) is 17.3. The van der Waals surface area contributed by atoms with Crippen molar-refractivity contribution >= 4 is 10.0 Å². The second-order valence-corrected chi connectivity index (χ2v) is 7.06. The summed E-state index contributed by atoms with van der Waals surface area (Å²) in [6.07, 6.45) is 0. The molecule has 0 spiro atoms. The molecular formula is C17H21NO4S. The lowest BCUT2D eigenvalue weighted by Gasteiger charge is -2.11. The fraction of sp³-hybridized carbons (Fsp3) is 0.294. The maximum absolute atomic E-state index is 12.4. The third-order valence-electron chi connectivity index (χ3n) is 3.67. The maximum Gasteiger partial charge on any atom is 0.240 e. The van der Waals surface area contributed by atoms with E-state index < -0.39 is 10.0 Å². The number of sulfonamides is 1. The van der Waals surface area contributed by atoms with Gasteiger partial charge >= 0.3 is 0 Å². The van der Waals surface area contributed by atoms with Crippen LogP contribution in [0.25, 0.3) is 0 Å². The molecule has 0 aromatic heterocycles. The molecule has 0 atom stereocenters. The van der Waals surface area contributed by atoms with Crippen molar-refractivity contribution in [1.29, 1.82) is 0 Å². The van der Waals surface area contributed by atoms with E-state index in [0.717, 1.165) is 16.7 Å². The molecule has 0 bridgehead atoms. The van der Waals surface area contributed by atoms with E-state index in [4.69, 9.17) is 9.47 Å². The molecule has 2 aromatic rings. The number of hydrogen-bond acceptors (Lipinski definition) is 4. The van der Waals surface area contributed by atoms with Crippen molar-refractivity contribution in [3.8, 4) is 11.5 Å². The Bertz CT molecular complexity index is 778. The van der Waals surface area contributed by atoms with E-state index in [-0.39, 0.29) is 11.4 Å². The Morgan fingerprint density at radius 1 is 0.913 bits per heavy atom. The lowest BCUT2D eigenvalue weighted by Crippen LogP contribution is -2.23. The van der Waals surface area contributed by atoms with Gasteiger partial charge in [-0.1, -0.05) is 6.07 Å². The van der Waals surface area contributed by atoms with E-state index in [2.05, 4.69) is 4.72 Å². The molecular weight excluding hydrogens is 314 g/mol. The van der Waals surface area contributed by atoms with Crippen molar-refractivity contribution in [2.24, 2.45) is 0 Å². The number of methoxy groups -OCH3 is 2. The number of benzene rings is 2.